The number of para-hydroxylation sites is 1. The second kappa shape index (κ2) is 5.47. The molecule has 0 atom stereocenters. The van der Waals surface area contributed by atoms with Crippen molar-refractivity contribution in [3.63, 3.8) is 0 Å². The number of halogens is 1. The molecule has 0 spiro atoms. The minimum Gasteiger partial charge on any atom is -0.497 e. The molecule has 1 N–H and O–H groups in total. The zero-order chi connectivity index (χ0) is 13.9. The number of benzene rings is 2. The standard InChI is InChI=1S/C16H14ClNO2/c1-19-12-8-6-11(7-9-12)18-10-14-13-4-2-3-5-15(13)20-16(14)17/h2-9,18H,10H2,1H3. The molecule has 1 heterocycles. The number of hydrogen-bond acceptors (Lipinski definition) is 3. The van der Waals surface area contributed by atoms with Gasteiger partial charge in [-0.25, -0.2) is 0 Å². The molecule has 0 aliphatic rings. The average Bonchev–Trinajstić information content (AvgIpc) is 2.81. The first-order valence-electron chi connectivity index (χ1n) is 6.32. The quantitative estimate of drug-likeness (QED) is 0.755. The van der Waals surface area contributed by atoms with Crippen molar-refractivity contribution < 1.29 is 9.15 Å². The molecule has 1 aromatic heterocycles. The highest BCUT2D eigenvalue weighted by atomic mass is 35.5. The van der Waals surface area contributed by atoms with Crippen LogP contribution in [0.1, 0.15) is 5.56 Å². The molecule has 0 fully saturated rings. The molecule has 0 aliphatic heterocycles. The number of methoxy groups -OCH3 is 1. The van der Waals surface area contributed by atoms with Crippen molar-refractivity contribution in [3.8, 4) is 5.75 Å². The molecule has 3 rings (SSSR count). The summed E-state index contributed by atoms with van der Waals surface area (Å²) in [4.78, 5) is 0. The van der Waals surface area contributed by atoms with Gasteiger partial charge in [0, 0.05) is 23.2 Å². The summed E-state index contributed by atoms with van der Waals surface area (Å²) in [7, 11) is 1.65. The summed E-state index contributed by atoms with van der Waals surface area (Å²) in [6.07, 6.45) is 0. The van der Waals surface area contributed by atoms with Crippen LogP contribution in [0.3, 0.4) is 0 Å². The number of furan rings is 1. The highest BCUT2D eigenvalue weighted by Gasteiger charge is 2.11. The molecule has 0 unspecified atom stereocenters. The van der Waals surface area contributed by atoms with Gasteiger partial charge in [0.2, 0.25) is 0 Å². The molecular formula is C16H14ClNO2. The van der Waals surface area contributed by atoms with E-state index in [1.165, 1.54) is 0 Å². The summed E-state index contributed by atoms with van der Waals surface area (Å²) in [6, 6.07) is 15.6. The number of rotatable bonds is 4. The minimum absolute atomic E-state index is 0.437. The molecule has 0 radical (unpaired) electrons. The molecule has 2 aromatic carbocycles. The second-order valence-electron chi connectivity index (χ2n) is 4.43. The third-order valence-electron chi connectivity index (χ3n) is 3.21. The third kappa shape index (κ3) is 2.45. The van der Waals surface area contributed by atoms with Gasteiger partial charge in [0.05, 0.1) is 7.11 Å². The van der Waals surface area contributed by atoms with E-state index < -0.39 is 0 Å². The fraction of sp³-hybridized carbons (Fsp3) is 0.125. The molecule has 0 saturated heterocycles. The van der Waals surface area contributed by atoms with Gasteiger partial charge in [-0.05, 0) is 41.9 Å². The van der Waals surface area contributed by atoms with Crippen molar-refractivity contribution in [2.45, 2.75) is 6.54 Å². The fourth-order valence-electron chi connectivity index (χ4n) is 2.13. The van der Waals surface area contributed by atoms with Crippen LogP contribution in [0.4, 0.5) is 5.69 Å². The zero-order valence-corrected chi connectivity index (χ0v) is 11.8. The Morgan fingerprint density at radius 1 is 1.10 bits per heavy atom. The van der Waals surface area contributed by atoms with Crippen molar-refractivity contribution in [2.75, 3.05) is 12.4 Å². The maximum atomic E-state index is 6.15. The Bertz CT molecular complexity index is 719. The number of hydrogen-bond donors (Lipinski definition) is 1. The molecule has 0 saturated carbocycles. The largest absolute Gasteiger partial charge is 0.497 e. The molecule has 20 heavy (non-hydrogen) atoms. The summed E-state index contributed by atoms with van der Waals surface area (Å²) in [5, 5.41) is 4.81. The number of anilines is 1. The monoisotopic (exact) mass is 287 g/mol. The molecular weight excluding hydrogens is 274 g/mol. The van der Waals surface area contributed by atoms with Crippen molar-refractivity contribution in [3.05, 3.63) is 59.3 Å². The van der Waals surface area contributed by atoms with Crippen molar-refractivity contribution in [1.82, 2.24) is 0 Å². The van der Waals surface area contributed by atoms with Crippen LogP contribution < -0.4 is 10.1 Å². The van der Waals surface area contributed by atoms with Crippen molar-refractivity contribution in [1.29, 1.82) is 0 Å². The summed E-state index contributed by atoms with van der Waals surface area (Å²) >= 11 is 6.15. The Morgan fingerprint density at radius 2 is 1.85 bits per heavy atom. The van der Waals surface area contributed by atoms with Gasteiger partial charge in [0.25, 0.3) is 0 Å². The molecule has 3 nitrogen and oxygen atoms in total. The summed E-state index contributed by atoms with van der Waals surface area (Å²) < 4.78 is 10.7. The second-order valence-corrected chi connectivity index (χ2v) is 4.78. The highest BCUT2D eigenvalue weighted by molar-refractivity contribution is 6.30. The molecule has 0 aliphatic carbocycles. The Morgan fingerprint density at radius 3 is 2.60 bits per heavy atom. The Labute approximate surface area is 122 Å². The average molecular weight is 288 g/mol. The van der Waals surface area contributed by atoms with Gasteiger partial charge in [-0.2, -0.15) is 0 Å². The van der Waals surface area contributed by atoms with Gasteiger partial charge >= 0.3 is 0 Å². The molecule has 0 amide bonds. The van der Waals surface area contributed by atoms with Gasteiger partial charge < -0.3 is 14.5 Å². The van der Waals surface area contributed by atoms with E-state index in [4.69, 9.17) is 20.8 Å². The van der Waals surface area contributed by atoms with Crippen LogP contribution in [0.15, 0.2) is 52.9 Å². The van der Waals surface area contributed by atoms with E-state index in [9.17, 15) is 0 Å². The lowest BCUT2D eigenvalue weighted by Crippen LogP contribution is -1.99. The summed E-state index contributed by atoms with van der Waals surface area (Å²) in [5.41, 5.74) is 2.79. The van der Waals surface area contributed by atoms with Gasteiger partial charge in [0.15, 0.2) is 5.22 Å². The first kappa shape index (κ1) is 12.9. The van der Waals surface area contributed by atoms with Crippen LogP contribution >= 0.6 is 11.6 Å². The van der Waals surface area contributed by atoms with Crippen LogP contribution in [-0.2, 0) is 6.54 Å². The van der Waals surface area contributed by atoms with Crippen LogP contribution in [0.2, 0.25) is 5.22 Å². The Balaban J connectivity index is 1.80. The van der Waals surface area contributed by atoms with Crippen LogP contribution in [0.25, 0.3) is 11.0 Å². The van der Waals surface area contributed by atoms with Gasteiger partial charge in [-0.15, -0.1) is 0 Å². The van der Waals surface area contributed by atoms with Gasteiger partial charge in [-0.3, -0.25) is 0 Å². The molecule has 3 aromatic rings. The SMILES string of the molecule is COc1ccc(NCc2c(Cl)oc3ccccc23)cc1. The topological polar surface area (TPSA) is 34.4 Å². The maximum Gasteiger partial charge on any atom is 0.199 e. The molecule has 102 valence electrons. The van der Waals surface area contributed by atoms with E-state index in [0.717, 1.165) is 28.0 Å². The minimum atomic E-state index is 0.437. The lowest BCUT2D eigenvalue weighted by atomic mass is 10.2. The zero-order valence-electron chi connectivity index (χ0n) is 11.0. The fourth-order valence-corrected chi connectivity index (χ4v) is 2.38. The predicted octanol–water partition coefficient (Wildman–Crippen LogP) is 4.71. The summed E-state index contributed by atoms with van der Waals surface area (Å²) in [6.45, 7) is 0.613. The maximum absolute atomic E-state index is 6.15. The Hall–Kier alpha value is -2.13. The van der Waals surface area contributed by atoms with E-state index >= 15 is 0 Å². The lowest BCUT2D eigenvalue weighted by molar-refractivity contribution is 0.415. The van der Waals surface area contributed by atoms with Crippen LogP contribution in [0, 0.1) is 0 Å². The van der Waals surface area contributed by atoms with E-state index in [1.807, 2.05) is 48.5 Å². The summed E-state index contributed by atoms with van der Waals surface area (Å²) in [5.74, 6) is 0.836. The van der Waals surface area contributed by atoms with Crippen molar-refractivity contribution in [2.24, 2.45) is 0 Å². The lowest BCUT2D eigenvalue weighted by Gasteiger charge is -2.06. The Kier molecular flexibility index (Phi) is 3.52. The molecule has 4 heteroatoms. The smallest absolute Gasteiger partial charge is 0.199 e. The number of ether oxygens (including phenoxy) is 1. The van der Waals surface area contributed by atoms with E-state index in [0.29, 0.717) is 11.8 Å². The van der Waals surface area contributed by atoms with Crippen LogP contribution in [0.5, 0.6) is 5.75 Å². The third-order valence-corrected chi connectivity index (χ3v) is 3.51. The van der Waals surface area contributed by atoms with E-state index in [2.05, 4.69) is 5.32 Å². The first-order valence-corrected chi connectivity index (χ1v) is 6.69. The molecule has 0 bridgehead atoms. The first-order chi connectivity index (χ1) is 9.78. The number of nitrogens with one attached hydrogen (secondary N) is 1. The van der Waals surface area contributed by atoms with E-state index in [1.54, 1.807) is 7.11 Å². The van der Waals surface area contributed by atoms with Crippen molar-refractivity contribution >= 4 is 28.3 Å². The van der Waals surface area contributed by atoms with Gasteiger partial charge in [-0.1, -0.05) is 18.2 Å². The van der Waals surface area contributed by atoms with E-state index in [-0.39, 0.29) is 0 Å². The van der Waals surface area contributed by atoms with Gasteiger partial charge in [0.1, 0.15) is 11.3 Å². The van der Waals surface area contributed by atoms with Crippen LogP contribution in [-0.4, -0.2) is 7.11 Å². The highest BCUT2D eigenvalue weighted by Crippen LogP contribution is 2.30. The number of fused-ring (bicyclic) bond motifs is 1. The predicted molar refractivity (Wildman–Crippen MR) is 81.5 cm³/mol. The normalized spacial score (nSPS) is 10.7.